The fraction of sp³-hybridized carbons (Fsp3) is 0.263. The molecule has 1 saturated heterocycles. The first-order valence-electron chi connectivity index (χ1n) is 8.02. The van der Waals surface area contributed by atoms with Gasteiger partial charge in [0.25, 0.3) is 5.91 Å². The summed E-state index contributed by atoms with van der Waals surface area (Å²) in [5.41, 5.74) is 0.652. The lowest BCUT2D eigenvalue weighted by Gasteiger charge is -2.30. The summed E-state index contributed by atoms with van der Waals surface area (Å²) in [4.78, 5) is 24.9. The molecule has 0 radical (unpaired) electrons. The Morgan fingerprint density at radius 2 is 1.73 bits per heavy atom. The first-order valence-corrected chi connectivity index (χ1v) is 8.02. The summed E-state index contributed by atoms with van der Waals surface area (Å²) in [6.45, 7) is 0. The number of hydrogen-bond donors (Lipinski definition) is 1. The number of carbonyl (C=O) groups is 2. The molecule has 0 aliphatic carbocycles. The molecular formula is C19H18N3O4+. The van der Waals surface area contributed by atoms with Crippen LogP contribution in [0.2, 0.25) is 0 Å². The van der Waals surface area contributed by atoms with Gasteiger partial charge in [-0.1, -0.05) is 12.1 Å². The Morgan fingerprint density at radius 3 is 2.35 bits per heavy atom. The zero-order valence-corrected chi connectivity index (χ0v) is 14.4. The topological polar surface area (TPSA) is 92.3 Å². The van der Waals surface area contributed by atoms with Crippen LogP contribution >= 0.6 is 0 Å². The molecule has 0 bridgehead atoms. The number of benzene rings is 1. The maximum absolute atomic E-state index is 12.6. The minimum atomic E-state index is -1.01. The zero-order valence-electron chi connectivity index (χ0n) is 14.4. The van der Waals surface area contributed by atoms with Crippen LogP contribution in [0.5, 0.6) is 11.5 Å². The lowest BCUT2D eigenvalue weighted by Crippen LogP contribution is -2.59. The second-order valence-corrected chi connectivity index (χ2v) is 5.87. The third kappa shape index (κ3) is 2.97. The smallest absolute Gasteiger partial charge is 0.296 e. The first-order chi connectivity index (χ1) is 12.6. The number of nitrogens with one attached hydrogen (secondary N) is 1. The largest absolute Gasteiger partial charge is 0.493 e. The van der Waals surface area contributed by atoms with E-state index in [1.165, 1.54) is 14.2 Å². The van der Waals surface area contributed by atoms with Gasteiger partial charge in [-0.05, 0) is 17.7 Å². The quantitative estimate of drug-likeness (QED) is 0.657. The van der Waals surface area contributed by atoms with Gasteiger partial charge in [-0.2, -0.15) is 9.83 Å². The van der Waals surface area contributed by atoms with Gasteiger partial charge in [-0.15, -0.1) is 0 Å². The lowest BCUT2D eigenvalue weighted by atomic mass is 9.77. The van der Waals surface area contributed by atoms with Crippen LogP contribution in [0, 0.1) is 17.2 Å². The highest BCUT2D eigenvalue weighted by molar-refractivity contribution is 6.02. The highest BCUT2D eigenvalue weighted by Crippen LogP contribution is 2.39. The number of hydrogen-bond acceptors (Lipinski definition) is 5. The van der Waals surface area contributed by atoms with Gasteiger partial charge in [-0.3, -0.25) is 14.9 Å². The van der Waals surface area contributed by atoms with Gasteiger partial charge in [0.1, 0.15) is 5.92 Å². The van der Waals surface area contributed by atoms with E-state index in [-0.39, 0.29) is 0 Å². The van der Waals surface area contributed by atoms with E-state index in [1.807, 2.05) is 12.1 Å². The van der Waals surface area contributed by atoms with Gasteiger partial charge in [-0.25, -0.2) is 0 Å². The highest BCUT2D eigenvalue weighted by atomic mass is 16.5. The predicted molar refractivity (Wildman–Crippen MR) is 90.2 cm³/mol. The van der Waals surface area contributed by atoms with Gasteiger partial charge in [0.05, 0.1) is 26.2 Å². The van der Waals surface area contributed by atoms with Crippen LogP contribution in [0.1, 0.15) is 17.5 Å². The van der Waals surface area contributed by atoms with Crippen molar-refractivity contribution in [2.45, 2.75) is 12.0 Å². The van der Waals surface area contributed by atoms with Crippen molar-refractivity contribution in [3.8, 4) is 17.6 Å². The van der Waals surface area contributed by atoms with Crippen molar-refractivity contribution >= 4 is 11.8 Å². The average molecular weight is 352 g/mol. The Hall–Kier alpha value is -3.40. The fourth-order valence-electron chi connectivity index (χ4n) is 3.27. The molecule has 7 heteroatoms. The number of aromatic nitrogens is 1. The average Bonchev–Trinajstić information content (AvgIpc) is 2.67. The molecular weight excluding hydrogens is 334 g/mol. The van der Waals surface area contributed by atoms with E-state index in [0.717, 1.165) is 0 Å². The number of rotatable bonds is 4. The molecule has 2 aromatic rings. The summed E-state index contributed by atoms with van der Waals surface area (Å²) in [6.07, 6.45) is 3.48. The maximum Gasteiger partial charge on any atom is 0.296 e. The molecule has 0 spiro atoms. The van der Waals surface area contributed by atoms with E-state index in [0.29, 0.717) is 17.1 Å². The molecule has 1 aliphatic heterocycles. The molecule has 2 amide bonds. The van der Waals surface area contributed by atoms with Crippen molar-refractivity contribution < 1.29 is 23.6 Å². The standard InChI is InChI=1S/C19H17N3O4/c1-25-14-7-6-12(10-15(14)26-2)16-13(11-20)18(23)21-19(24)17(16)22-8-4-3-5-9-22/h3-10,13,16-17H,1-2H3/p+1/t13-,16+,17+/m0/s1. The lowest BCUT2D eigenvalue weighted by molar-refractivity contribution is -0.713. The minimum Gasteiger partial charge on any atom is -0.493 e. The van der Waals surface area contributed by atoms with Crippen LogP contribution in [0.3, 0.4) is 0 Å². The van der Waals surface area contributed by atoms with E-state index in [4.69, 9.17) is 9.47 Å². The number of ether oxygens (including phenoxy) is 2. The van der Waals surface area contributed by atoms with Crippen LogP contribution in [-0.2, 0) is 9.59 Å². The Morgan fingerprint density at radius 1 is 1.04 bits per heavy atom. The minimum absolute atomic E-state index is 0.447. The number of pyridine rings is 1. The molecule has 1 aromatic heterocycles. The van der Waals surface area contributed by atoms with Crippen molar-refractivity contribution in [1.29, 1.82) is 5.26 Å². The third-order valence-electron chi connectivity index (χ3n) is 4.49. The number of nitrogens with zero attached hydrogens (tertiary/aromatic N) is 2. The van der Waals surface area contributed by atoms with Crippen LogP contribution in [-0.4, -0.2) is 26.0 Å². The molecule has 132 valence electrons. The van der Waals surface area contributed by atoms with Crippen molar-refractivity contribution in [3.05, 3.63) is 54.4 Å². The number of methoxy groups -OCH3 is 2. The van der Waals surface area contributed by atoms with Crippen LogP contribution in [0.15, 0.2) is 48.8 Å². The monoisotopic (exact) mass is 352 g/mol. The molecule has 3 atom stereocenters. The Bertz CT molecular complexity index is 876. The summed E-state index contributed by atoms with van der Waals surface area (Å²) in [5, 5.41) is 11.9. The summed E-state index contributed by atoms with van der Waals surface area (Å²) < 4.78 is 12.3. The normalized spacial score (nSPS) is 22.3. The summed E-state index contributed by atoms with van der Waals surface area (Å²) in [6, 6.07) is 11.9. The number of carbonyl (C=O) groups excluding carboxylic acids is 2. The van der Waals surface area contributed by atoms with E-state index in [1.54, 1.807) is 47.3 Å². The SMILES string of the molecule is COc1ccc([C@@H]2[C@H](C#N)C(=O)NC(=O)[C@@H]2[n+]2ccccc2)cc1OC. The molecule has 26 heavy (non-hydrogen) atoms. The fourth-order valence-corrected chi connectivity index (χ4v) is 3.27. The van der Waals surface area contributed by atoms with E-state index in [9.17, 15) is 14.9 Å². The summed E-state index contributed by atoms with van der Waals surface area (Å²) in [7, 11) is 3.03. The number of piperidine rings is 1. The van der Waals surface area contributed by atoms with Gasteiger partial charge in [0.15, 0.2) is 23.9 Å². The first kappa shape index (κ1) is 17.4. The predicted octanol–water partition coefficient (Wildman–Crippen LogP) is 1.11. The van der Waals surface area contributed by atoms with Crippen LogP contribution in [0.25, 0.3) is 0 Å². The number of nitriles is 1. The van der Waals surface area contributed by atoms with Crippen LogP contribution in [0.4, 0.5) is 0 Å². The summed E-state index contributed by atoms with van der Waals surface area (Å²) >= 11 is 0. The molecule has 1 aliphatic rings. The Labute approximate surface area is 150 Å². The van der Waals surface area contributed by atoms with E-state index >= 15 is 0 Å². The Kier molecular flexibility index (Phi) is 4.85. The zero-order chi connectivity index (χ0) is 18.7. The maximum atomic E-state index is 12.6. The van der Waals surface area contributed by atoms with E-state index in [2.05, 4.69) is 5.32 Å². The van der Waals surface area contributed by atoms with Crippen molar-refractivity contribution in [1.82, 2.24) is 5.32 Å². The molecule has 7 nitrogen and oxygen atoms in total. The molecule has 0 saturated carbocycles. The van der Waals surface area contributed by atoms with Crippen LogP contribution < -0.4 is 19.4 Å². The highest BCUT2D eigenvalue weighted by Gasteiger charge is 2.50. The molecule has 1 fully saturated rings. The van der Waals surface area contributed by atoms with Crippen molar-refractivity contribution in [2.75, 3.05) is 14.2 Å². The van der Waals surface area contributed by atoms with Gasteiger partial charge in [0, 0.05) is 12.1 Å². The molecule has 0 unspecified atom stereocenters. The third-order valence-corrected chi connectivity index (χ3v) is 4.49. The van der Waals surface area contributed by atoms with Gasteiger partial charge >= 0.3 is 0 Å². The molecule has 3 rings (SSSR count). The van der Waals surface area contributed by atoms with Crippen molar-refractivity contribution in [3.63, 3.8) is 0 Å². The summed E-state index contributed by atoms with van der Waals surface area (Å²) in [5.74, 6) is -1.71. The van der Waals surface area contributed by atoms with Gasteiger partial charge < -0.3 is 9.47 Å². The Balaban J connectivity index is 2.16. The van der Waals surface area contributed by atoms with Gasteiger partial charge in [0.2, 0.25) is 11.9 Å². The second-order valence-electron chi connectivity index (χ2n) is 5.87. The molecule has 2 heterocycles. The molecule has 1 N–H and O–H groups in total. The van der Waals surface area contributed by atoms with E-state index < -0.39 is 29.7 Å². The number of amides is 2. The second kappa shape index (κ2) is 7.23. The van der Waals surface area contributed by atoms with Crippen molar-refractivity contribution in [2.24, 2.45) is 5.92 Å². The molecule has 1 aromatic carbocycles. The number of imide groups is 1.